The minimum atomic E-state index is 0.562. The number of aromatic nitrogens is 2. The second-order valence-corrected chi connectivity index (χ2v) is 5.06. The van der Waals surface area contributed by atoms with Gasteiger partial charge in [-0.3, -0.25) is 4.79 Å². The van der Waals surface area contributed by atoms with Crippen LogP contribution in [-0.4, -0.2) is 23.2 Å². The first kappa shape index (κ1) is 14.1. The highest BCUT2D eigenvalue weighted by molar-refractivity contribution is 5.85. The lowest BCUT2D eigenvalue weighted by molar-refractivity contribution is 0.112. The molecule has 1 heterocycles. The maximum Gasteiger partial charge on any atom is 0.153 e. The Morgan fingerprint density at radius 1 is 1.14 bits per heavy atom. The molecule has 0 radical (unpaired) electrons. The van der Waals surface area contributed by atoms with Crippen LogP contribution in [0.2, 0.25) is 0 Å². The Kier molecular flexibility index (Phi) is 3.74. The molecule has 110 valence electrons. The quantitative estimate of drug-likeness (QED) is 0.689. The number of benzene rings is 2. The number of methoxy groups -OCH3 is 1. The van der Waals surface area contributed by atoms with Crippen molar-refractivity contribution in [2.75, 3.05) is 7.11 Å². The van der Waals surface area contributed by atoms with E-state index in [1.807, 2.05) is 55.5 Å². The van der Waals surface area contributed by atoms with Crippen LogP contribution in [0, 0.1) is 6.92 Å². The topological polar surface area (TPSA) is 44.1 Å². The van der Waals surface area contributed by atoms with E-state index in [2.05, 4.69) is 5.10 Å². The summed E-state index contributed by atoms with van der Waals surface area (Å²) in [5.41, 5.74) is 4.19. The number of nitrogens with zero attached hydrogens (tertiary/aromatic N) is 2. The molecule has 0 saturated heterocycles. The van der Waals surface area contributed by atoms with Crippen LogP contribution in [0.25, 0.3) is 16.9 Å². The average Bonchev–Trinajstić information content (AvgIpc) is 2.99. The van der Waals surface area contributed by atoms with Crippen molar-refractivity contribution in [1.82, 2.24) is 9.78 Å². The van der Waals surface area contributed by atoms with Crippen LogP contribution >= 0.6 is 0 Å². The Bertz CT molecular complexity index is 804. The first-order valence-corrected chi connectivity index (χ1v) is 6.97. The van der Waals surface area contributed by atoms with Crippen LogP contribution in [-0.2, 0) is 0 Å². The first-order chi connectivity index (χ1) is 10.7. The van der Waals surface area contributed by atoms with Gasteiger partial charge in [-0.05, 0) is 48.9 Å². The van der Waals surface area contributed by atoms with E-state index in [4.69, 9.17) is 4.74 Å². The van der Waals surface area contributed by atoms with Crippen molar-refractivity contribution in [2.45, 2.75) is 6.92 Å². The highest BCUT2D eigenvalue weighted by atomic mass is 16.5. The lowest BCUT2D eigenvalue weighted by Crippen LogP contribution is -1.95. The first-order valence-electron chi connectivity index (χ1n) is 6.97. The zero-order valence-corrected chi connectivity index (χ0v) is 12.5. The number of aryl methyl sites for hydroxylation is 1. The van der Waals surface area contributed by atoms with Gasteiger partial charge in [0.05, 0.1) is 18.4 Å². The fourth-order valence-electron chi connectivity index (χ4n) is 2.35. The lowest BCUT2D eigenvalue weighted by Gasteiger charge is -2.03. The van der Waals surface area contributed by atoms with Crippen LogP contribution in [0.4, 0.5) is 0 Å². The van der Waals surface area contributed by atoms with Gasteiger partial charge in [-0.1, -0.05) is 12.1 Å². The number of ether oxygens (including phenoxy) is 1. The van der Waals surface area contributed by atoms with Crippen LogP contribution < -0.4 is 4.74 Å². The summed E-state index contributed by atoms with van der Waals surface area (Å²) >= 11 is 0. The van der Waals surface area contributed by atoms with E-state index < -0.39 is 0 Å². The van der Waals surface area contributed by atoms with Crippen molar-refractivity contribution in [3.05, 3.63) is 65.9 Å². The smallest absolute Gasteiger partial charge is 0.153 e. The Morgan fingerprint density at radius 2 is 1.91 bits per heavy atom. The van der Waals surface area contributed by atoms with Gasteiger partial charge in [0.25, 0.3) is 0 Å². The standard InChI is InChI=1S/C18H16N2O2/c1-13-4-3-5-16(10-13)20-11-15(12-21)18(19-20)14-6-8-17(22-2)9-7-14/h3-12H,1-2H3. The predicted molar refractivity (Wildman–Crippen MR) is 85.7 cm³/mol. The molecule has 1 aromatic heterocycles. The number of hydrogen-bond acceptors (Lipinski definition) is 3. The third-order valence-corrected chi connectivity index (χ3v) is 3.50. The van der Waals surface area contributed by atoms with Gasteiger partial charge in [-0.25, -0.2) is 4.68 Å². The van der Waals surface area contributed by atoms with E-state index in [9.17, 15) is 4.79 Å². The molecule has 0 bridgehead atoms. The number of rotatable bonds is 4. The molecule has 0 amide bonds. The van der Waals surface area contributed by atoms with E-state index >= 15 is 0 Å². The van der Waals surface area contributed by atoms with Gasteiger partial charge in [0.15, 0.2) is 6.29 Å². The number of carbonyl (C=O) groups is 1. The molecule has 3 rings (SSSR count). The summed E-state index contributed by atoms with van der Waals surface area (Å²) < 4.78 is 6.89. The largest absolute Gasteiger partial charge is 0.497 e. The summed E-state index contributed by atoms with van der Waals surface area (Å²) in [6, 6.07) is 15.5. The SMILES string of the molecule is COc1ccc(-c2nn(-c3cccc(C)c3)cc2C=O)cc1. The lowest BCUT2D eigenvalue weighted by atomic mass is 10.1. The molecular formula is C18H16N2O2. The highest BCUT2D eigenvalue weighted by Gasteiger charge is 2.12. The number of carbonyl (C=O) groups excluding carboxylic acids is 1. The molecular weight excluding hydrogens is 276 g/mol. The monoisotopic (exact) mass is 292 g/mol. The molecule has 4 nitrogen and oxygen atoms in total. The molecule has 3 aromatic rings. The van der Waals surface area contributed by atoms with E-state index in [1.54, 1.807) is 18.0 Å². The molecule has 22 heavy (non-hydrogen) atoms. The normalized spacial score (nSPS) is 10.5. The van der Waals surface area contributed by atoms with Gasteiger partial charge in [0.1, 0.15) is 11.4 Å². The summed E-state index contributed by atoms with van der Waals surface area (Å²) in [6.07, 6.45) is 2.58. The molecule has 0 unspecified atom stereocenters. The molecule has 2 aromatic carbocycles. The summed E-state index contributed by atoms with van der Waals surface area (Å²) in [7, 11) is 1.62. The Morgan fingerprint density at radius 3 is 2.55 bits per heavy atom. The Labute approximate surface area is 129 Å². The molecule has 0 aliphatic carbocycles. The van der Waals surface area contributed by atoms with Gasteiger partial charge in [-0.15, -0.1) is 0 Å². The van der Waals surface area contributed by atoms with E-state index in [1.165, 1.54) is 0 Å². The van der Waals surface area contributed by atoms with Crippen molar-refractivity contribution in [2.24, 2.45) is 0 Å². The minimum absolute atomic E-state index is 0.562. The van der Waals surface area contributed by atoms with Crippen molar-refractivity contribution in [1.29, 1.82) is 0 Å². The van der Waals surface area contributed by atoms with Gasteiger partial charge in [-0.2, -0.15) is 5.10 Å². The fraction of sp³-hybridized carbons (Fsp3) is 0.111. The number of hydrogen-bond donors (Lipinski definition) is 0. The maximum absolute atomic E-state index is 11.4. The second kappa shape index (κ2) is 5.85. The van der Waals surface area contributed by atoms with Crippen molar-refractivity contribution in [3.8, 4) is 22.7 Å². The summed E-state index contributed by atoms with van der Waals surface area (Å²) in [5.74, 6) is 0.773. The highest BCUT2D eigenvalue weighted by Crippen LogP contribution is 2.25. The van der Waals surface area contributed by atoms with Crippen molar-refractivity contribution in [3.63, 3.8) is 0 Å². The molecule has 0 N–H and O–H groups in total. The summed E-state index contributed by atoms with van der Waals surface area (Å²) in [6.45, 7) is 2.03. The van der Waals surface area contributed by atoms with Crippen molar-refractivity contribution < 1.29 is 9.53 Å². The van der Waals surface area contributed by atoms with Gasteiger partial charge in [0.2, 0.25) is 0 Å². The van der Waals surface area contributed by atoms with Gasteiger partial charge in [0, 0.05) is 11.8 Å². The maximum atomic E-state index is 11.4. The third-order valence-electron chi connectivity index (χ3n) is 3.50. The molecule has 0 fully saturated rings. The fourth-order valence-corrected chi connectivity index (χ4v) is 2.35. The van der Waals surface area contributed by atoms with Crippen LogP contribution in [0.3, 0.4) is 0 Å². The third kappa shape index (κ3) is 2.63. The van der Waals surface area contributed by atoms with E-state index in [-0.39, 0.29) is 0 Å². The molecule has 0 atom stereocenters. The summed E-state index contributed by atoms with van der Waals surface area (Å²) in [5, 5.41) is 4.56. The molecule has 0 aliphatic rings. The van der Waals surface area contributed by atoms with E-state index in [0.717, 1.165) is 28.8 Å². The molecule has 0 spiro atoms. The zero-order valence-electron chi connectivity index (χ0n) is 12.5. The van der Waals surface area contributed by atoms with Crippen molar-refractivity contribution >= 4 is 6.29 Å². The van der Waals surface area contributed by atoms with Gasteiger partial charge >= 0.3 is 0 Å². The average molecular weight is 292 g/mol. The van der Waals surface area contributed by atoms with Crippen LogP contribution in [0.1, 0.15) is 15.9 Å². The van der Waals surface area contributed by atoms with Gasteiger partial charge < -0.3 is 4.74 Å². The zero-order chi connectivity index (χ0) is 15.5. The predicted octanol–water partition coefficient (Wildman–Crippen LogP) is 3.67. The Balaban J connectivity index is 2.06. The van der Waals surface area contributed by atoms with Crippen LogP contribution in [0.5, 0.6) is 5.75 Å². The minimum Gasteiger partial charge on any atom is -0.497 e. The van der Waals surface area contributed by atoms with Crippen LogP contribution in [0.15, 0.2) is 54.7 Å². The van der Waals surface area contributed by atoms with E-state index in [0.29, 0.717) is 11.3 Å². The number of aldehydes is 1. The summed E-state index contributed by atoms with van der Waals surface area (Å²) in [4.78, 5) is 11.4. The molecule has 4 heteroatoms. The molecule has 0 aliphatic heterocycles. The Hall–Kier alpha value is -2.88. The molecule has 0 saturated carbocycles. The second-order valence-electron chi connectivity index (χ2n) is 5.06.